The summed E-state index contributed by atoms with van der Waals surface area (Å²) in [4.78, 5) is 32.3. The highest BCUT2D eigenvalue weighted by atomic mass is 32.2. The highest BCUT2D eigenvalue weighted by Crippen LogP contribution is 2.45. The van der Waals surface area contributed by atoms with E-state index in [1.807, 2.05) is 41.5 Å². The minimum atomic E-state index is -0.449. The number of amidine groups is 1. The van der Waals surface area contributed by atoms with Crippen molar-refractivity contribution in [3.05, 3.63) is 52.2 Å². The van der Waals surface area contributed by atoms with Gasteiger partial charge in [-0.15, -0.1) is 0 Å². The molecular weight excluding hydrogens is 442 g/mol. The van der Waals surface area contributed by atoms with Crippen LogP contribution >= 0.6 is 11.8 Å². The topological polar surface area (TPSA) is 89.5 Å². The number of amides is 1. The predicted octanol–water partition coefficient (Wildman–Crippen LogP) is 3.52. The molecule has 3 aliphatic rings. The Hall–Kier alpha value is -2.78. The Bertz CT molecular complexity index is 996. The zero-order chi connectivity index (χ0) is 23.4. The van der Waals surface area contributed by atoms with Crippen molar-refractivity contribution in [1.29, 1.82) is 0 Å². The summed E-state index contributed by atoms with van der Waals surface area (Å²) in [6.45, 7) is 5.13. The van der Waals surface area contributed by atoms with Crippen molar-refractivity contribution in [2.75, 3.05) is 26.9 Å². The van der Waals surface area contributed by atoms with Crippen LogP contribution in [-0.4, -0.2) is 54.9 Å². The highest BCUT2D eigenvalue weighted by Gasteiger charge is 2.41. The van der Waals surface area contributed by atoms with Crippen molar-refractivity contribution in [3.8, 4) is 5.75 Å². The first-order chi connectivity index (χ1) is 16.0. The quantitative estimate of drug-likeness (QED) is 0.580. The molecule has 0 spiro atoms. The van der Waals surface area contributed by atoms with E-state index in [-0.39, 0.29) is 25.0 Å². The van der Waals surface area contributed by atoms with Crippen LogP contribution in [0.2, 0.25) is 0 Å². The second-order valence-corrected chi connectivity index (χ2v) is 8.84. The average Bonchev–Trinajstić information content (AvgIpc) is 3.47. The van der Waals surface area contributed by atoms with Crippen LogP contribution in [0.1, 0.15) is 44.7 Å². The number of carbonyl (C=O) groups excluding carboxylic acids is 2. The minimum absolute atomic E-state index is 0.0843. The van der Waals surface area contributed by atoms with E-state index >= 15 is 0 Å². The number of aliphatic imine (C=N–C) groups is 1. The monoisotopic (exact) mass is 471 g/mol. The molecule has 4 rings (SSSR count). The standard InChI is InChI=1S/C24H29N3O5S/c1-4-31-23(29)21-15(2)26-24-27(22(21)16-7-9-18(30-3)10-8-16)17(14-33-24)12-20(28)25-13-19-6-5-11-32-19/h7-10,14,19,22H,4-6,11-13H2,1-3H3,(H,25,28)/t19-,22+/m0/s1. The summed E-state index contributed by atoms with van der Waals surface area (Å²) in [6.07, 6.45) is 2.26. The van der Waals surface area contributed by atoms with E-state index in [2.05, 4.69) is 10.3 Å². The van der Waals surface area contributed by atoms with Crippen molar-refractivity contribution in [2.24, 2.45) is 4.99 Å². The lowest BCUT2D eigenvalue weighted by Gasteiger charge is -2.36. The number of fused-ring (bicyclic) bond motifs is 1. The van der Waals surface area contributed by atoms with Gasteiger partial charge in [0.05, 0.1) is 43.6 Å². The largest absolute Gasteiger partial charge is 0.497 e. The summed E-state index contributed by atoms with van der Waals surface area (Å²) < 4.78 is 16.3. The molecule has 0 aromatic heterocycles. The van der Waals surface area contributed by atoms with E-state index in [4.69, 9.17) is 14.2 Å². The number of hydrogen-bond donors (Lipinski definition) is 1. The van der Waals surface area contributed by atoms with E-state index in [0.29, 0.717) is 17.8 Å². The number of allylic oxidation sites excluding steroid dienone is 1. The van der Waals surface area contributed by atoms with Crippen LogP contribution in [0.3, 0.4) is 0 Å². The zero-order valence-corrected chi connectivity index (χ0v) is 19.9. The van der Waals surface area contributed by atoms with E-state index in [0.717, 1.165) is 41.6 Å². The number of methoxy groups -OCH3 is 1. The number of nitrogens with zero attached hydrogens (tertiary/aromatic N) is 2. The maximum Gasteiger partial charge on any atom is 0.338 e. The molecular formula is C24H29N3O5S. The number of ether oxygens (including phenoxy) is 3. The van der Waals surface area contributed by atoms with Crippen LogP contribution in [0.15, 0.2) is 51.6 Å². The van der Waals surface area contributed by atoms with Gasteiger partial charge >= 0.3 is 5.97 Å². The van der Waals surface area contributed by atoms with Crippen LogP contribution in [0.5, 0.6) is 5.75 Å². The molecule has 176 valence electrons. The number of carbonyl (C=O) groups is 2. The van der Waals surface area contributed by atoms with Crippen LogP contribution < -0.4 is 10.1 Å². The summed E-state index contributed by atoms with van der Waals surface area (Å²) in [5, 5.41) is 5.65. The summed E-state index contributed by atoms with van der Waals surface area (Å²) in [7, 11) is 1.61. The first-order valence-corrected chi connectivity index (χ1v) is 12.0. The maximum atomic E-state index is 13.0. The van der Waals surface area contributed by atoms with Crippen molar-refractivity contribution >= 4 is 28.8 Å². The van der Waals surface area contributed by atoms with Gasteiger partial charge < -0.3 is 24.4 Å². The van der Waals surface area contributed by atoms with Gasteiger partial charge in [0.25, 0.3) is 0 Å². The zero-order valence-electron chi connectivity index (χ0n) is 19.1. The molecule has 33 heavy (non-hydrogen) atoms. The first-order valence-electron chi connectivity index (χ1n) is 11.2. The molecule has 1 amide bonds. The highest BCUT2D eigenvalue weighted by molar-refractivity contribution is 8.16. The van der Waals surface area contributed by atoms with Crippen molar-refractivity contribution in [3.63, 3.8) is 0 Å². The smallest absolute Gasteiger partial charge is 0.338 e. The fourth-order valence-corrected chi connectivity index (χ4v) is 5.17. The van der Waals surface area contributed by atoms with Gasteiger partial charge in [-0.2, -0.15) is 0 Å². The van der Waals surface area contributed by atoms with Crippen LogP contribution in [0.25, 0.3) is 0 Å². The third-order valence-electron chi connectivity index (χ3n) is 5.82. The lowest BCUT2D eigenvalue weighted by Crippen LogP contribution is -2.38. The molecule has 9 heteroatoms. The molecule has 1 fully saturated rings. The Morgan fingerprint density at radius 3 is 2.76 bits per heavy atom. The molecule has 1 aromatic rings. The van der Waals surface area contributed by atoms with E-state index in [1.165, 1.54) is 11.8 Å². The second-order valence-electron chi connectivity index (χ2n) is 8.00. The van der Waals surface area contributed by atoms with Gasteiger partial charge in [0.2, 0.25) is 5.91 Å². The van der Waals surface area contributed by atoms with E-state index in [9.17, 15) is 9.59 Å². The molecule has 3 heterocycles. The molecule has 8 nitrogen and oxygen atoms in total. The Labute approximate surface area is 198 Å². The summed E-state index contributed by atoms with van der Waals surface area (Å²) in [5.41, 5.74) is 2.77. The number of benzene rings is 1. The molecule has 1 saturated heterocycles. The first kappa shape index (κ1) is 23.4. The number of rotatable bonds is 8. The Morgan fingerprint density at radius 2 is 2.09 bits per heavy atom. The fourth-order valence-electron chi connectivity index (χ4n) is 4.20. The number of hydrogen-bond acceptors (Lipinski definition) is 8. The SMILES string of the molecule is CCOC(=O)C1=C(C)N=C2SC=C(CC(=O)NC[C@@H]3CCCO3)N2[C@@H]1c1ccc(OC)cc1. The minimum Gasteiger partial charge on any atom is -0.497 e. The van der Waals surface area contributed by atoms with Crippen LogP contribution in [0.4, 0.5) is 0 Å². The van der Waals surface area contributed by atoms with Crippen molar-refractivity contribution < 1.29 is 23.8 Å². The normalized spacial score (nSPS) is 22.0. The lowest BCUT2D eigenvalue weighted by atomic mass is 9.93. The van der Waals surface area contributed by atoms with Gasteiger partial charge in [-0.3, -0.25) is 4.79 Å². The van der Waals surface area contributed by atoms with Gasteiger partial charge in [-0.05, 0) is 49.8 Å². The molecule has 0 saturated carbocycles. The Morgan fingerprint density at radius 1 is 1.30 bits per heavy atom. The fraction of sp³-hybridized carbons (Fsp3) is 0.458. The Balaban J connectivity index is 1.60. The molecule has 2 atom stereocenters. The van der Waals surface area contributed by atoms with Gasteiger partial charge in [0.1, 0.15) is 5.75 Å². The van der Waals surface area contributed by atoms with Crippen molar-refractivity contribution in [1.82, 2.24) is 10.2 Å². The molecule has 1 N–H and O–H groups in total. The molecule has 0 bridgehead atoms. The summed E-state index contributed by atoms with van der Waals surface area (Å²) in [6, 6.07) is 7.13. The molecule has 0 unspecified atom stereocenters. The summed E-state index contributed by atoms with van der Waals surface area (Å²) >= 11 is 1.45. The summed E-state index contributed by atoms with van der Waals surface area (Å²) in [5.74, 6) is 0.232. The van der Waals surface area contributed by atoms with Crippen molar-refractivity contribution in [2.45, 2.75) is 45.3 Å². The lowest BCUT2D eigenvalue weighted by molar-refractivity contribution is -0.139. The van der Waals surface area contributed by atoms with E-state index in [1.54, 1.807) is 14.0 Å². The second kappa shape index (κ2) is 10.4. The Kier molecular flexibility index (Phi) is 7.39. The molecule has 3 aliphatic heterocycles. The maximum absolute atomic E-state index is 13.0. The average molecular weight is 472 g/mol. The van der Waals surface area contributed by atoms with Crippen LogP contribution in [0, 0.1) is 0 Å². The number of esters is 1. The van der Waals surface area contributed by atoms with Gasteiger partial charge in [0.15, 0.2) is 5.17 Å². The van der Waals surface area contributed by atoms with Gasteiger partial charge in [0, 0.05) is 18.8 Å². The third-order valence-corrected chi connectivity index (χ3v) is 6.71. The predicted molar refractivity (Wildman–Crippen MR) is 127 cm³/mol. The van der Waals surface area contributed by atoms with Gasteiger partial charge in [-0.25, -0.2) is 9.79 Å². The molecule has 0 aliphatic carbocycles. The molecule has 0 radical (unpaired) electrons. The van der Waals surface area contributed by atoms with Gasteiger partial charge in [-0.1, -0.05) is 23.9 Å². The van der Waals surface area contributed by atoms with Crippen LogP contribution in [-0.2, 0) is 19.1 Å². The third kappa shape index (κ3) is 5.09. The van der Waals surface area contributed by atoms with E-state index < -0.39 is 12.0 Å². The number of thioether (sulfide) groups is 1. The molecule has 1 aromatic carbocycles. The number of nitrogens with one attached hydrogen (secondary N) is 1.